The maximum Gasteiger partial charge on any atom is 0.0466 e. The van der Waals surface area contributed by atoms with Gasteiger partial charge in [-0.1, -0.05) is 30.9 Å². The maximum atomic E-state index is 3.58. The standard InChI is InChI=1S/C14H17/c1-3-5-7-9-11-13-14-12-10-8-6-4-2/h3-14H,1H2,2H3/q+1. The van der Waals surface area contributed by atoms with Crippen molar-refractivity contribution in [3.05, 3.63) is 79.8 Å². The van der Waals surface area contributed by atoms with Crippen molar-refractivity contribution in [1.29, 1.82) is 0 Å². The summed E-state index contributed by atoms with van der Waals surface area (Å²) in [5, 5.41) is 0. The van der Waals surface area contributed by atoms with Gasteiger partial charge in [0.1, 0.15) is 0 Å². The van der Waals surface area contributed by atoms with Crippen molar-refractivity contribution in [3.8, 4) is 0 Å². The topological polar surface area (TPSA) is 0 Å². The Kier molecular flexibility index (Phi) is 9.94. The Hall–Kier alpha value is -1.69. The summed E-state index contributed by atoms with van der Waals surface area (Å²) in [6.07, 6.45) is 23.4. The Morgan fingerprint density at radius 2 is 1.36 bits per heavy atom. The third-order valence-corrected chi connectivity index (χ3v) is 1.33. The molecule has 0 aromatic rings. The Labute approximate surface area is 87.3 Å². The van der Waals surface area contributed by atoms with E-state index in [2.05, 4.69) is 6.58 Å². The average molecular weight is 185 g/mol. The summed E-state index contributed by atoms with van der Waals surface area (Å²) in [7, 11) is 0. The van der Waals surface area contributed by atoms with E-state index >= 15 is 0 Å². The highest BCUT2D eigenvalue weighted by atomic mass is 13.7. The Morgan fingerprint density at radius 3 is 2.00 bits per heavy atom. The van der Waals surface area contributed by atoms with Crippen molar-refractivity contribution < 1.29 is 0 Å². The van der Waals surface area contributed by atoms with Crippen LogP contribution in [0.5, 0.6) is 0 Å². The van der Waals surface area contributed by atoms with Gasteiger partial charge in [-0.2, -0.15) is 0 Å². The van der Waals surface area contributed by atoms with Crippen LogP contribution in [0.2, 0.25) is 0 Å². The van der Waals surface area contributed by atoms with Crippen LogP contribution in [-0.2, 0) is 0 Å². The van der Waals surface area contributed by atoms with E-state index in [-0.39, 0.29) is 0 Å². The molecule has 0 fully saturated rings. The van der Waals surface area contributed by atoms with E-state index in [0.717, 1.165) is 0 Å². The molecule has 0 bridgehead atoms. The van der Waals surface area contributed by atoms with Gasteiger partial charge in [-0.25, -0.2) is 0 Å². The van der Waals surface area contributed by atoms with E-state index in [4.69, 9.17) is 0 Å². The van der Waals surface area contributed by atoms with Crippen molar-refractivity contribution in [2.24, 2.45) is 0 Å². The highest BCUT2D eigenvalue weighted by Gasteiger charge is 1.75. The molecule has 0 atom stereocenters. The first kappa shape index (κ1) is 12.3. The monoisotopic (exact) mass is 185 g/mol. The molecule has 0 heteroatoms. The first-order valence-electron chi connectivity index (χ1n) is 4.65. The Bertz CT molecular complexity index is 260. The second kappa shape index (κ2) is 11.3. The van der Waals surface area contributed by atoms with Gasteiger partial charge in [-0.05, 0) is 25.2 Å². The quantitative estimate of drug-likeness (QED) is 0.430. The summed E-state index contributed by atoms with van der Waals surface area (Å²) in [4.78, 5) is 0. The van der Waals surface area contributed by atoms with E-state index in [1.54, 1.807) is 6.08 Å². The Balaban J connectivity index is 3.58. The molecule has 14 heavy (non-hydrogen) atoms. The van der Waals surface area contributed by atoms with E-state index in [1.165, 1.54) is 0 Å². The first-order chi connectivity index (χ1) is 6.91. The molecule has 0 radical (unpaired) electrons. The van der Waals surface area contributed by atoms with E-state index in [1.807, 2.05) is 74.1 Å². The molecule has 0 aliphatic rings. The van der Waals surface area contributed by atoms with Crippen LogP contribution in [0.15, 0.2) is 73.4 Å². The van der Waals surface area contributed by atoms with Gasteiger partial charge in [-0.3, -0.25) is 0 Å². The minimum absolute atomic E-state index is 1.75. The zero-order valence-corrected chi connectivity index (χ0v) is 8.64. The second-order valence-corrected chi connectivity index (χ2v) is 2.49. The summed E-state index contributed by atoms with van der Waals surface area (Å²) < 4.78 is 0. The highest BCUT2D eigenvalue weighted by molar-refractivity contribution is 5.19. The lowest BCUT2D eigenvalue weighted by molar-refractivity contribution is 1.69. The predicted molar refractivity (Wildman–Crippen MR) is 65.9 cm³/mol. The fourth-order valence-corrected chi connectivity index (χ4v) is 0.703. The Morgan fingerprint density at radius 1 is 0.786 bits per heavy atom. The molecule has 0 rings (SSSR count). The molecule has 0 aromatic carbocycles. The van der Waals surface area contributed by atoms with Gasteiger partial charge in [0.25, 0.3) is 0 Å². The second-order valence-electron chi connectivity index (χ2n) is 2.49. The lowest BCUT2D eigenvalue weighted by Crippen LogP contribution is -1.58. The molecule has 0 saturated heterocycles. The molecular weight excluding hydrogens is 168 g/mol. The van der Waals surface area contributed by atoms with Gasteiger partial charge in [0.05, 0.1) is 0 Å². The van der Waals surface area contributed by atoms with Crippen LogP contribution in [-0.4, -0.2) is 0 Å². The lowest BCUT2D eigenvalue weighted by atomic mass is 10.3. The minimum atomic E-state index is 1.75. The molecule has 0 unspecified atom stereocenters. The molecule has 0 nitrogen and oxygen atoms in total. The minimum Gasteiger partial charge on any atom is -0.0991 e. The van der Waals surface area contributed by atoms with Crippen molar-refractivity contribution in [1.82, 2.24) is 0 Å². The summed E-state index contributed by atoms with van der Waals surface area (Å²) >= 11 is 0. The van der Waals surface area contributed by atoms with Gasteiger partial charge in [0, 0.05) is 30.7 Å². The van der Waals surface area contributed by atoms with Crippen molar-refractivity contribution in [2.75, 3.05) is 0 Å². The fraction of sp³-hybridized carbons (Fsp3) is 0.0714. The summed E-state index contributed by atoms with van der Waals surface area (Å²) in [5.41, 5.74) is 0. The number of rotatable bonds is 6. The van der Waals surface area contributed by atoms with Crippen molar-refractivity contribution in [2.45, 2.75) is 6.92 Å². The third kappa shape index (κ3) is 10.3. The predicted octanol–water partition coefficient (Wildman–Crippen LogP) is 4.18. The fourth-order valence-electron chi connectivity index (χ4n) is 0.703. The van der Waals surface area contributed by atoms with Gasteiger partial charge in [0.2, 0.25) is 0 Å². The van der Waals surface area contributed by atoms with Crippen LogP contribution in [0.1, 0.15) is 6.92 Å². The largest absolute Gasteiger partial charge is 0.0991 e. The third-order valence-electron chi connectivity index (χ3n) is 1.33. The molecule has 0 aliphatic carbocycles. The zero-order chi connectivity index (χ0) is 10.5. The highest BCUT2D eigenvalue weighted by Crippen LogP contribution is 1.87. The number of hydrogen-bond donors (Lipinski definition) is 0. The van der Waals surface area contributed by atoms with Gasteiger partial charge < -0.3 is 0 Å². The van der Waals surface area contributed by atoms with Crippen LogP contribution in [0, 0.1) is 6.42 Å². The van der Waals surface area contributed by atoms with Crippen molar-refractivity contribution in [3.63, 3.8) is 0 Å². The summed E-state index contributed by atoms with van der Waals surface area (Å²) in [6, 6.07) is 0. The zero-order valence-electron chi connectivity index (χ0n) is 8.64. The van der Waals surface area contributed by atoms with Crippen LogP contribution in [0.25, 0.3) is 0 Å². The van der Waals surface area contributed by atoms with E-state index in [0.29, 0.717) is 0 Å². The van der Waals surface area contributed by atoms with E-state index in [9.17, 15) is 0 Å². The number of hydrogen-bond acceptors (Lipinski definition) is 0. The molecule has 0 aromatic heterocycles. The number of allylic oxidation sites excluding steroid dienone is 11. The molecule has 0 amide bonds. The normalized spacial score (nSPS) is 12.9. The molecule has 0 spiro atoms. The van der Waals surface area contributed by atoms with Gasteiger partial charge >= 0.3 is 0 Å². The summed E-state index contributed by atoms with van der Waals surface area (Å²) in [6.45, 7) is 5.57. The van der Waals surface area contributed by atoms with Gasteiger partial charge in [0.15, 0.2) is 0 Å². The SMILES string of the molecule is C=CC=CC=CC=C[CH+]C=CC=CC. The van der Waals surface area contributed by atoms with Crippen LogP contribution < -0.4 is 0 Å². The molecular formula is C14H17+. The lowest BCUT2D eigenvalue weighted by Gasteiger charge is -1.71. The maximum absolute atomic E-state index is 3.58. The van der Waals surface area contributed by atoms with Crippen molar-refractivity contribution >= 4 is 0 Å². The molecule has 0 saturated carbocycles. The molecule has 0 N–H and O–H groups in total. The smallest absolute Gasteiger partial charge is 0.0466 e. The molecule has 0 heterocycles. The van der Waals surface area contributed by atoms with Crippen LogP contribution in [0.3, 0.4) is 0 Å². The van der Waals surface area contributed by atoms with Crippen LogP contribution >= 0.6 is 0 Å². The first-order valence-corrected chi connectivity index (χ1v) is 4.65. The average Bonchev–Trinajstić information content (AvgIpc) is 2.21. The van der Waals surface area contributed by atoms with Crippen LogP contribution in [0.4, 0.5) is 0 Å². The molecule has 0 aliphatic heterocycles. The van der Waals surface area contributed by atoms with E-state index < -0.39 is 0 Å². The summed E-state index contributed by atoms with van der Waals surface area (Å²) in [5.74, 6) is 0. The van der Waals surface area contributed by atoms with Gasteiger partial charge in [-0.15, -0.1) is 0 Å². The molecule has 72 valence electrons.